The third-order valence-electron chi connectivity index (χ3n) is 3.00. The van der Waals surface area contributed by atoms with Gasteiger partial charge in [-0.05, 0) is 24.5 Å². The zero-order valence-corrected chi connectivity index (χ0v) is 12.8. The third kappa shape index (κ3) is 3.82. The monoisotopic (exact) mass is 305 g/mol. The summed E-state index contributed by atoms with van der Waals surface area (Å²) >= 11 is 0. The van der Waals surface area contributed by atoms with Crippen molar-refractivity contribution in [2.24, 2.45) is 5.92 Å². The molecule has 7 nitrogen and oxygen atoms in total. The number of hydrogen-bond acceptors (Lipinski definition) is 5. The Hall–Kier alpha value is -2.41. The molecule has 7 heteroatoms. The van der Waals surface area contributed by atoms with Crippen molar-refractivity contribution in [1.82, 2.24) is 15.0 Å². The molecule has 0 fully saturated rings. The molecule has 0 bridgehead atoms. The second kappa shape index (κ2) is 7.04. The van der Waals surface area contributed by atoms with E-state index in [4.69, 9.17) is 9.25 Å². The Bertz CT molecular complexity index is 676. The first-order chi connectivity index (χ1) is 10.5. The Kier molecular flexibility index (Phi) is 5.11. The Morgan fingerprint density at radius 1 is 1.50 bits per heavy atom. The lowest BCUT2D eigenvalue weighted by atomic mass is 10.1. The fourth-order valence-corrected chi connectivity index (χ4v) is 1.97. The van der Waals surface area contributed by atoms with Crippen LogP contribution >= 0.6 is 0 Å². The lowest BCUT2D eigenvalue weighted by Gasteiger charge is -2.18. The molecule has 22 heavy (non-hydrogen) atoms. The maximum absolute atomic E-state index is 12.4. The van der Waals surface area contributed by atoms with Gasteiger partial charge in [0, 0.05) is 6.20 Å². The first kappa shape index (κ1) is 16.0. The Morgan fingerprint density at radius 2 is 2.27 bits per heavy atom. The van der Waals surface area contributed by atoms with Crippen molar-refractivity contribution in [3.63, 3.8) is 0 Å². The van der Waals surface area contributed by atoms with Gasteiger partial charge in [-0.15, -0.1) is 0 Å². The van der Waals surface area contributed by atoms with Gasteiger partial charge in [-0.1, -0.05) is 13.8 Å². The van der Waals surface area contributed by atoms with Crippen LogP contribution in [-0.4, -0.2) is 28.0 Å². The van der Waals surface area contributed by atoms with Gasteiger partial charge in [-0.25, -0.2) is 10.0 Å². The van der Waals surface area contributed by atoms with E-state index in [0.717, 1.165) is 5.06 Å². The molecule has 0 aliphatic carbocycles. The molecule has 0 saturated carbocycles. The summed E-state index contributed by atoms with van der Waals surface area (Å²) in [6, 6.07) is 3.47. The van der Waals surface area contributed by atoms with E-state index in [2.05, 4.69) is 9.97 Å². The third-order valence-corrected chi connectivity index (χ3v) is 3.00. The molecule has 0 radical (unpaired) electrons. The van der Waals surface area contributed by atoms with E-state index < -0.39 is 5.91 Å². The number of furan rings is 1. The van der Waals surface area contributed by atoms with Crippen LogP contribution in [0.3, 0.4) is 0 Å². The van der Waals surface area contributed by atoms with Gasteiger partial charge in [0.25, 0.3) is 11.5 Å². The summed E-state index contributed by atoms with van der Waals surface area (Å²) in [5.41, 5.74) is 0.193. The van der Waals surface area contributed by atoms with Gasteiger partial charge in [-0.2, -0.15) is 0 Å². The number of rotatable bonds is 6. The van der Waals surface area contributed by atoms with Gasteiger partial charge in [0.2, 0.25) is 0 Å². The summed E-state index contributed by atoms with van der Waals surface area (Å²) in [5, 5.41) is 1.12. The minimum atomic E-state index is -0.444. The van der Waals surface area contributed by atoms with E-state index in [1.54, 1.807) is 12.1 Å². The molecule has 2 aromatic heterocycles. The minimum absolute atomic E-state index is 0.128. The predicted octanol–water partition coefficient (Wildman–Crippen LogP) is 1.77. The second-order valence-electron chi connectivity index (χ2n) is 5.26. The van der Waals surface area contributed by atoms with E-state index in [9.17, 15) is 9.59 Å². The normalized spacial score (nSPS) is 10.9. The number of aromatic nitrogens is 2. The molecular weight excluding hydrogens is 286 g/mol. The molecule has 2 rings (SSSR count). The Balaban J connectivity index is 2.21. The molecule has 0 aliphatic rings. The summed E-state index contributed by atoms with van der Waals surface area (Å²) < 4.78 is 5.20. The molecule has 0 aromatic carbocycles. The van der Waals surface area contributed by atoms with E-state index in [-0.39, 0.29) is 23.7 Å². The smallest absolute Gasteiger partial charge is 0.297 e. The van der Waals surface area contributed by atoms with Crippen LogP contribution in [0, 0.1) is 5.92 Å². The van der Waals surface area contributed by atoms with Crippen molar-refractivity contribution in [3.05, 3.63) is 52.1 Å². The minimum Gasteiger partial charge on any atom is -0.467 e. The predicted molar refractivity (Wildman–Crippen MR) is 79.0 cm³/mol. The Morgan fingerprint density at radius 3 is 2.86 bits per heavy atom. The molecule has 2 aromatic rings. The lowest BCUT2D eigenvalue weighted by Crippen LogP contribution is -2.31. The van der Waals surface area contributed by atoms with Gasteiger partial charge in [0.05, 0.1) is 13.4 Å². The van der Waals surface area contributed by atoms with Crippen molar-refractivity contribution >= 4 is 5.91 Å². The molecule has 1 amide bonds. The zero-order chi connectivity index (χ0) is 16.1. The van der Waals surface area contributed by atoms with E-state index in [0.29, 0.717) is 17.9 Å². The van der Waals surface area contributed by atoms with Crippen molar-refractivity contribution in [2.45, 2.75) is 26.8 Å². The summed E-state index contributed by atoms with van der Waals surface area (Å²) in [5.74, 6) is 0.405. The Labute approximate surface area is 127 Å². The number of aromatic amines is 1. The van der Waals surface area contributed by atoms with E-state index in [1.807, 2.05) is 13.8 Å². The van der Waals surface area contributed by atoms with E-state index >= 15 is 0 Å². The molecule has 0 atom stereocenters. The summed E-state index contributed by atoms with van der Waals surface area (Å²) in [6.45, 7) is 4.12. The van der Waals surface area contributed by atoms with Crippen LogP contribution in [0.2, 0.25) is 0 Å². The number of amides is 1. The van der Waals surface area contributed by atoms with Crippen LogP contribution in [0.1, 0.15) is 35.8 Å². The molecule has 2 heterocycles. The summed E-state index contributed by atoms with van der Waals surface area (Å²) in [7, 11) is 1.39. The number of nitrogens with one attached hydrogen (secondary N) is 1. The zero-order valence-electron chi connectivity index (χ0n) is 12.8. The molecule has 0 unspecified atom stereocenters. The number of carbonyl (C=O) groups is 1. The fourth-order valence-electron chi connectivity index (χ4n) is 1.97. The highest BCUT2D eigenvalue weighted by atomic mass is 16.7. The highest BCUT2D eigenvalue weighted by molar-refractivity contribution is 5.91. The molecule has 0 saturated heterocycles. The fraction of sp³-hybridized carbons (Fsp3) is 0.400. The van der Waals surface area contributed by atoms with Crippen LogP contribution < -0.4 is 5.56 Å². The average molecular weight is 305 g/mol. The van der Waals surface area contributed by atoms with Crippen LogP contribution in [0.15, 0.2) is 33.8 Å². The van der Waals surface area contributed by atoms with E-state index in [1.165, 1.54) is 19.6 Å². The second-order valence-corrected chi connectivity index (χ2v) is 5.26. The average Bonchev–Trinajstić information content (AvgIpc) is 2.99. The number of nitrogens with zero attached hydrogens (tertiary/aromatic N) is 2. The topological polar surface area (TPSA) is 88.4 Å². The highest BCUT2D eigenvalue weighted by Gasteiger charge is 2.20. The lowest BCUT2D eigenvalue weighted by molar-refractivity contribution is -0.105. The molecule has 0 aliphatic heterocycles. The number of hydroxylamine groups is 2. The summed E-state index contributed by atoms with van der Waals surface area (Å²) in [4.78, 5) is 36.0. The van der Waals surface area contributed by atoms with Gasteiger partial charge in [-0.3, -0.25) is 14.4 Å². The van der Waals surface area contributed by atoms with Gasteiger partial charge in [0.15, 0.2) is 0 Å². The van der Waals surface area contributed by atoms with Crippen molar-refractivity contribution < 1.29 is 14.0 Å². The first-order valence-electron chi connectivity index (χ1n) is 6.98. The van der Waals surface area contributed by atoms with Gasteiger partial charge < -0.3 is 9.40 Å². The first-order valence-corrected chi connectivity index (χ1v) is 6.98. The SMILES string of the molecule is CON(Cc1ccco1)C(=O)c1c[nH]c(=O)c(CC(C)C)n1. The number of H-pyrrole nitrogens is 1. The number of carbonyl (C=O) groups excluding carboxylic acids is 1. The van der Waals surface area contributed by atoms with Crippen molar-refractivity contribution in [1.29, 1.82) is 0 Å². The van der Waals surface area contributed by atoms with Crippen LogP contribution in [0.4, 0.5) is 0 Å². The molecule has 0 spiro atoms. The van der Waals surface area contributed by atoms with Gasteiger partial charge >= 0.3 is 0 Å². The molecular formula is C15H19N3O4. The van der Waals surface area contributed by atoms with Gasteiger partial charge in [0.1, 0.15) is 23.7 Å². The largest absolute Gasteiger partial charge is 0.467 e. The van der Waals surface area contributed by atoms with Crippen LogP contribution in [-0.2, 0) is 17.8 Å². The quantitative estimate of drug-likeness (QED) is 0.822. The highest BCUT2D eigenvalue weighted by Crippen LogP contribution is 2.09. The molecule has 118 valence electrons. The van der Waals surface area contributed by atoms with Crippen LogP contribution in [0.25, 0.3) is 0 Å². The standard InChI is InChI=1S/C15H19N3O4/c1-10(2)7-12-14(19)16-8-13(17-12)15(20)18(21-3)9-11-5-4-6-22-11/h4-6,8,10H,7,9H2,1-3H3,(H,16,19). The maximum Gasteiger partial charge on any atom is 0.297 e. The van der Waals surface area contributed by atoms with Crippen LogP contribution in [0.5, 0.6) is 0 Å². The van der Waals surface area contributed by atoms with Crippen molar-refractivity contribution in [3.8, 4) is 0 Å². The summed E-state index contributed by atoms with van der Waals surface area (Å²) in [6.07, 6.45) is 3.32. The van der Waals surface area contributed by atoms with Crippen molar-refractivity contribution in [2.75, 3.05) is 7.11 Å². The maximum atomic E-state index is 12.4. The number of hydrogen-bond donors (Lipinski definition) is 1. The molecule has 1 N–H and O–H groups in total.